The fraction of sp³-hybridized carbons (Fsp3) is 0.800. The van der Waals surface area contributed by atoms with E-state index < -0.39 is 0 Å². The van der Waals surface area contributed by atoms with E-state index in [1.165, 1.54) is 0 Å². The Labute approximate surface area is 85.7 Å². The molecule has 0 fully saturated rings. The van der Waals surface area contributed by atoms with E-state index in [0.29, 0.717) is 18.9 Å². The van der Waals surface area contributed by atoms with Gasteiger partial charge in [-0.25, -0.2) is 0 Å². The number of nitrogens with two attached hydrogens (primary N) is 1. The van der Waals surface area contributed by atoms with E-state index in [-0.39, 0.29) is 5.91 Å². The van der Waals surface area contributed by atoms with Gasteiger partial charge in [0.05, 0.1) is 12.6 Å². The fourth-order valence-electron chi connectivity index (χ4n) is 1.35. The number of carbonyl (C=O) groups is 1. The maximum atomic E-state index is 10.7. The molecule has 0 aromatic heterocycles. The Kier molecular flexibility index (Phi) is 6.77. The average Bonchev–Trinajstić information content (AvgIpc) is 2.02. The molecule has 2 N–H and O–H groups in total. The lowest BCUT2D eigenvalue weighted by Crippen LogP contribution is -2.36. The third-order valence-corrected chi connectivity index (χ3v) is 1.77. The molecule has 4 heteroatoms. The van der Waals surface area contributed by atoms with Crippen molar-refractivity contribution in [2.75, 3.05) is 19.6 Å². The van der Waals surface area contributed by atoms with Crippen molar-refractivity contribution in [1.82, 2.24) is 4.90 Å². The molecule has 0 aliphatic rings. The van der Waals surface area contributed by atoms with Gasteiger partial charge in [-0.2, -0.15) is 5.26 Å². The summed E-state index contributed by atoms with van der Waals surface area (Å²) >= 11 is 0. The smallest absolute Gasteiger partial charge is 0.231 e. The summed E-state index contributed by atoms with van der Waals surface area (Å²) in [7, 11) is 0. The zero-order valence-electron chi connectivity index (χ0n) is 8.99. The monoisotopic (exact) mass is 197 g/mol. The summed E-state index contributed by atoms with van der Waals surface area (Å²) in [5.74, 6) is 0.207. The SMILES string of the molecule is CC(C)CN(CCCC#N)CC(N)=O. The van der Waals surface area contributed by atoms with E-state index in [0.717, 1.165) is 19.5 Å². The molecule has 0 rings (SSSR count). The Morgan fingerprint density at radius 1 is 1.57 bits per heavy atom. The van der Waals surface area contributed by atoms with Crippen molar-refractivity contribution in [3.05, 3.63) is 0 Å². The third kappa shape index (κ3) is 7.56. The highest BCUT2D eigenvalue weighted by molar-refractivity contribution is 5.75. The number of rotatable bonds is 7. The molecule has 1 amide bonds. The number of unbranched alkanes of at least 4 members (excludes halogenated alkanes) is 1. The number of nitriles is 1. The molecule has 0 saturated heterocycles. The minimum Gasteiger partial charge on any atom is -0.369 e. The molecule has 0 saturated carbocycles. The van der Waals surface area contributed by atoms with Crippen molar-refractivity contribution in [2.24, 2.45) is 11.7 Å². The molecule has 0 aliphatic heterocycles. The van der Waals surface area contributed by atoms with Crippen LogP contribution in [0.2, 0.25) is 0 Å². The summed E-state index contributed by atoms with van der Waals surface area (Å²) in [4.78, 5) is 12.7. The topological polar surface area (TPSA) is 70.1 Å². The van der Waals surface area contributed by atoms with Gasteiger partial charge in [0, 0.05) is 13.0 Å². The van der Waals surface area contributed by atoms with Crippen molar-refractivity contribution in [1.29, 1.82) is 5.26 Å². The van der Waals surface area contributed by atoms with Gasteiger partial charge < -0.3 is 5.73 Å². The van der Waals surface area contributed by atoms with Gasteiger partial charge in [0.2, 0.25) is 5.91 Å². The number of amides is 1. The second-order valence-electron chi connectivity index (χ2n) is 3.86. The van der Waals surface area contributed by atoms with E-state index in [9.17, 15) is 4.79 Å². The van der Waals surface area contributed by atoms with Crippen molar-refractivity contribution in [3.8, 4) is 6.07 Å². The highest BCUT2D eigenvalue weighted by atomic mass is 16.1. The van der Waals surface area contributed by atoms with E-state index >= 15 is 0 Å². The highest BCUT2D eigenvalue weighted by Gasteiger charge is 2.09. The zero-order chi connectivity index (χ0) is 11.0. The lowest BCUT2D eigenvalue weighted by atomic mass is 10.2. The highest BCUT2D eigenvalue weighted by Crippen LogP contribution is 2.00. The molecule has 80 valence electrons. The molecule has 0 aromatic carbocycles. The van der Waals surface area contributed by atoms with Crippen LogP contribution in [0.5, 0.6) is 0 Å². The molecule has 0 spiro atoms. The van der Waals surface area contributed by atoms with Crippen molar-refractivity contribution >= 4 is 5.91 Å². The van der Waals surface area contributed by atoms with Crippen LogP contribution in [-0.4, -0.2) is 30.4 Å². The fourth-order valence-corrected chi connectivity index (χ4v) is 1.35. The lowest BCUT2D eigenvalue weighted by molar-refractivity contribution is -0.119. The Balaban J connectivity index is 3.85. The first-order valence-corrected chi connectivity index (χ1v) is 4.94. The first kappa shape index (κ1) is 12.9. The molecule has 0 aliphatic carbocycles. The summed E-state index contributed by atoms with van der Waals surface area (Å²) in [5.41, 5.74) is 5.13. The van der Waals surface area contributed by atoms with Crippen LogP contribution in [0, 0.1) is 17.2 Å². The van der Waals surface area contributed by atoms with E-state index in [1.54, 1.807) is 0 Å². The molecule has 0 bridgehead atoms. The van der Waals surface area contributed by atoms with Crippen LogP contribution >= 0.6 is 0 Å². The Morgan fingerprint density at radius 3 is 2.64 bits per heavy atom. The van der Waals surface area contributed by atoms with Crippen LogP contribution in [0.1, 0.15) is 26.7 Å². The minimum atomic E-state index is -0.303. The summed E-state index contributed by atoms with van der Waals surface area (Å²) in [6, 6.07) is 2.09. The van der Waals surface area contributed by atoms with Gasteiger partial charge in [-0.05, 0) is 18.9 Å². The quantitative estimate of drug-likeness (QED) is 0.612. The van der Waals surface area contributed by atoms with Gasteiger partial charge in [0.25, 0.3) is 0 Å². The van der Waals surface area contributed by atoms with Crippen LogP contribution in [0.15, 0.2) is 0 Å². The predicted octanol–water partition coefficient (Wildman–Crippen LogP) is 0.733. The van der Waals surface area contributed by atoms with E-state index in [2.05, 4.69) is 19.9 Å². The Morgan fingerprint density at radius 2 is 2.21 bits per heavy atom. The summed E-state index contributed by atoms with van der Waals surface area (Å²) in [6.45, 7) is 6.11. The Bertz CT molecular complexity index is 208. The van der Waals surface area contributed by atoms with Crippen LogP contribution in [0.3, 0.4) is 0 Å². The van der Waals surface area contributed by atoms with Crippen LogP contribution in [-0.2, 0) is 4.79 Å². The van der Waals surface area contributed by atoms with Gasteiger partial charge in [0.15, 0.2) is 0 Å². The number of nitrogens with zero attached hydrogens (tertiary/aromatic N) is 2. The van der Waals surface area contributed by atoms with E-state index in [1.807, 2.05) is 4.90 Å². The molecule has 0 unspecified atom stereocenters. The summed E-state index contributed by atoms with van der Waals surface area (Å²) in [6.07, 6.45) is 1.34. The van der Waals surface area contributed by atoms with E-state index in [4.69, 9.17) is 11.0 Å². The Hall–Kier alpha value is -1.08. The van der Waals surface area contributed by atoms with Gasteiger partial charge >= 0.3 is 0 Å². The van der Waals surface area contributed by atoms with Gasteiger partial charge in [-0.3, -0.25) is 9.69 Å². The van der Waals surface area contributed by atoms with Gasteiger partial charge in [-0.15, -0.1) is 0 Å². The molecule has 0 radical (unpaired) electrons. The van der Waals surface area contributed by atoms with Crippen LogP contribution < -0.4 is 5.73 Å². The third-order valence-electron chi connectivity index (χ3n) is 1.77. The zero-order valence-corrected chi connectivity index (χ0v) is 8.99. The first-order valence-electron chi connectivity index (χ1n) is 4.94. The molecule has 0 aromatic rings. The van der Waals surface area contributed by atoms with Crippen molar-refractivity contribution in [3.63, 3.8) is 0 Å². The van der Waals surface area contributed by atoms with Crippen molar-refractivity contribution in [2.45, 2.75) is 26.7 Å². The second-order valence-corrected chi connectivity index (χ2v) is 3.86. The van der Waals surface area contributed by atoms with Crippen molar-refractivity contribution < 1.29 is 4.79 Å². The standard InChI is InChI=1S/C10H19N3O/c1-9(2)7-13(8-10(12)14)6-4-3-5-11/h9H,3-4,6-8H2,1-2H3,(H2,12,14). The first-order chi connectivity index (χ1) is 6.56. The lowest BCUT2D eigenvalue weighted by Gasteiger charge is -2.21. The molecule has 14 heavy (non-hydrogen) atoms. The molecule has 4 nitrogen and oxygen atoms in total. The number of hydrogen-bond acceptors (Lipinski definition) is 3. The molecular formula is C10H19N3O. The van der Waals surface area contributed by atoms with Gasteiger partial charge in [0.1, 0.15) is 0 Å². The van der Waals surface area contributed by atoms with Crippen LogP contribution in [0.4, 0.5) is 0 Å². The second kappa shape index (κ2) is 7.34. The summed E-state index contributed by atoms with van der Waals surface area (Å²) < 4.78 is 0. The normalized spacial score (nSPS) is 10.5. The maximum absolute atomic E-state index is 10.7. The molecule has 0 heterocycles. The number of hydrogen-bond donors (Lipinski definition) is 1. The minimum absolute atomic E-state index is 0.295. The van der Waals surface area contributed by atoms with Gasteiger partial charge in [-0.1, -0.05) is 13.8 Å². The average molecular weight is 197 g/mol. The number of primary amides is 1. The maximum Gasteiger partial charge on any atom is 0.231 e. The largest absolute Gasteiger partial charge is 0.369 e. The summed E-state index contributed by atoms with van der Waals surface area (Å²) in [5, 5.41) is 8.38. The molecular weight excluding hydrogens is 178 g/mol. The number of carbonyl (C=O) groups excluding carboxylic acids is 1. The van der Waals surface area contributed by atoms with Crippen LogP contribution in [0.25, 0.3) is 0 Å². The predicted molar refractivity (Wildman–Crippen MR) is 55.3 cm³/mol. The molecule has 0 atom stereocenters.